The van der Waals surface area contributed by atoms with Crippen molar-refractivity contribution in [1.82, 2.24) is 25.3 Å². The highest BCUT2D eigenvalue weighted by Gasteiger charge is 2.30. The van der Waals surface area contributed by atoms with Crippen molar-refractivity contribution in [2.75, 3.05) is 20.1 Å². The third-order valence-electron chi connectivity index (χ3n) is 4.34. The molecule has 0 aromatic carbocycles. The lowest BCUT2D eigenvalue weighted by Gasteiger charge is -2.37. The Hall–Kier alpha value is -1.52. The van der Waals surface area contributed by atoms with E-state index in [2.05, 4.69) is 20.7 Å². The summed E-state index contributed by atoms with van der Waals surface area (Å²) in [5.74, 6) is 0.709. The third kappa shape index (κ3) is 7.55. The molecule has 1 saturated heterocycles. The molecule has 1 aromatic rings. The second kappa shape index (κ2) is 10.7. The zero-order chi connectivity index (χ0) is 19.2. The monoisotopic (exact) mass is 492 g/mol. The van der Waals surface area contributed by atoms with E-state index in [1.165, 1.54) is 0 Å². The number of hydrogen-bond donors (Lipinski definition) is 2. The molecule has 0 saturated carbocycles. The van der Waals surface area contributed by atoms with E-state index in [9.17, 15) is 4.79 Å². The number of rotatable bonds is 4. The van der Waals surface area contributed by atoms with Crippen LogP contribution in [0.5, 0.6) is 0 Å². The van der Waals surface area contributed by atoms with Crippen molar-refractivity contribution in [3.05, 3.63) is 18.0 Å². The topological polar surface area (TPSA) is 83.8 Å². The molecule has 1 unspecified atom stereocenters. The first-order chi connectivity index (χ1) is 12.3. The van der Waals surface area contributed by atoms with Crippen LogP contribution in [0.1, 0.15) is 45.7 Å². The number of amides is 1. The Morgan fingerprint density at radius 2 is 2.11 bits per heavy atom. The summed E-state index contributed by atoms with van der Waals surface area (Å²) >= 11 is 0. The van der Waals surface area contributed by atoms with E-state index in [4.69, 9.17) is 4.74 Å². The molecular weight excluding hydrogens is 459 g/mol. The average molecular weight is 492 g/mol. The molecule has 27 heavy (non-hydrogen) atoms. The minimum absolute atomic E-state index is 0. The van der Waals surface area contributed by atoms with E-state index >= 15 is 0 Å². The number of carbonyl (C=O) groups excluding carboxylic acids is 1. The van der Waals surface area contributed by atoms with Crippen LogP contribution in [-0.2, 0) is 18.3 Å². The molecule has 2 N–H and O–H groups in total. The number of nitrogens with zero attached hydrogens (tertiary/aromatic N) is 4. The van der Waals surface area contributed by atoms with Crippen LogP contribution in [0.3, 0.4) is 0 Å². The lowest BCUT2D eigenvalue weighted by Crippen LogP contribution is -2.52. The van der Waals surface area contributed by atoms with Crippen LogP contribution in [0.4, 0.5) is 4.79 Å². The number of guanidine groups is 1. The van der Waals surface area contributed by atoms with E-state index in [0.29, 0.717) is 19.0 Å². The van der Waals surface area contributed by atoms with Crippen LogP contribution in [0.2, 0.25) is 0 Å². The zero-order valence-electron chi connectivity index (χ0n) is 17.0. The molecule has 0 spiro atoms. The maximum absolute atomic E-state index is 12.5. The molecule has 1 atom stereocenters. The predicted octanol–water partition coefficient (Wildman–Crippen LogP) is 2.49. The van der Waals surface area contributed by atoms with Crippen LogP contribution >= 0.6 is 24.0 Å². The van der Waals surface area contributed by atoms with Gasteiger partial charge in [-0.3, -0.25) is 9.67 Å². The molecule has 0 aliphatic carbocycles. The Bertz CT molecular complexity index is 626. The van der Waals surface area contributed by atoms with Crippen LogP contribution in [0.15, 0.2) is 17.3 Å². The first-order valence-electron chi connectivity index (χ1n) is 9.21. The SMILES string of the molecule is CN=C(NCc1ccnn1C)NCC1CCCCN1C(=O)OC(C)(C)C.I. The number of halogens is 1. The van der Waals surface area contributed by atoms with E-state index < -0.39 is 5.60 Å². The number of aryl methyl sites for hydroxylation is 1. The number of likely N-dealkylation sites (tertiary alicyclic amines) is 1. The minimum Gasteiger partial charge on any atom is -0.444 e. The smallest absolute Gasteiger partial charge is 0.410 e. The van der Waals surface area contributed by atoms with Crippen molar-refractivity contribution in [1.29, 1.82) is 0 Å². The molecule has 2 rings (SSSR count). The van der Waals surface area contributed by atoms with Gasteiger partial charge in [-0.1, -0.05) is 0 Å². The molecule has 0 bridgehead atoms. The Morgan fingerprint density at radius 3 is 2.70 bits per heavy atom. The van der Waals surface area contributed by atoms with Crippen LogP contribution in [0.25, 0.3) is 0 Å². The summed E-state index contributed by atoms with van der Waals surface area (Å²) < 4.78 is 7.38. The number of carbonyl (C=O) groups is 1. The summed E-state index contributed by atoms with van der Waals surface area (Å²) in [5, 5.41) is 10.8. The Morgan fingerprint density at radius 1 is 1.37 bits per heavy atom. The van der Waals surface area contributed by atoms with Gasteiger partial charge in [-0.2, -0.15) is 5.10 Å². The molecular formula is C18H33IN6O2. The van der Waals surface area contributed by atoms with Crippen LogP contribution < -0.4 is 10.6 Å². The molecule has 9 heteroatoms. The first kappa shape index (κ1) is 23.5. The summed E-state index contributed by atoms with van der Waals surface area (Å²) in [4.78, 5) is 18.6. The molecule has 1 fully saturated rings. The second-order valence-electron chi connectivity index (χ2n) is 7.58. The van der Waals surface area contributed by atoms with Gasteiger partial charge < -0.3 is 20.3 Å². The molecule has 1 amide bonds. The van der Waals surface area contributed by atoms with Gasteiger partial charge in [-0.15, -0.1) is 24.0 Å². The van der Waals surface area contributed by atoms with E-state index in [1.54, 1.807) is 13.2 Å². The van der Waals surface area contributed by atoms with Gasteiger partial charge in [0.2, 0.25) is 0 Å². The predicted molar refractivity (Wildman–Crippen MR) is 117 cm³/mol. The van der Waals surface area contributed by atoms with Gasteiger partial charge in [0.05, 0.1) is 18.3 Å². The minimum atomic E-state index is -0.479. The van der Waals surface area contributed by atoms with Gasteiger partial charge in [0.15, 0.2) is 5.96 Å². The summed E-state index contributed by atoms with van der Waals surface area (Å²) in [6.07, 6.45) is 4.64. The highest BCUT2D eigenvalue weighted by Crippen LogP contribution is 2.20. The fraction of sp³-hybridized carbons (Fsp3) is 0.722. The number of aromatic nitrogens is 2. The lowest BCUT2D eigenvalue weighted by atomic mass is 10.0. The van der Waals surface area contributed by atoms with Gasteiger partial charge in [-0.05, 0) is 46.1 Å². The van der Waals surface area contributed by atoms with Crippen LogP contribution in [0, 0.1) is 0 Å². The molecule has 2 heterocycles. The van der Waals surface area contributed by atoms with Gasteiger partial charge in [0.1, 0.15) is 5.60 Å². The highest BCUT2D eigenvalue weighted by molar-refractivity contribution is 14.0. The van der Waals surface area contributed by atoms with E-state index in [0.717, 1.165) is 31.5 Å². The number of hydrogen-bond acceptors (Lipinski definition) is 4. The van der Waals surface area contributed by atoms with Gasteiger partial charge in [-0.25, -0.2) is 4.79 Å². The third-order valence-corrected chi connectivity index (χ3v) is 4.34. The molecule has 1 aromatic heterocycles. The zero-order valence-corrected chi connectivity index (χ0v) is 19.3. The van der Waals surface area contributed by atoms with Crippen molar-refractivity contribution in [3.63, 3.8) is 0 Å². The number of piperidine rings is 1. The summed E-state index contributed by atoms with van der Waals surface area (Å²) in [7, 11) is 3.65. The molecule has 154 valence electrons. The standard InChI is InChI=1S/C18H32N6O2.HI/c1-18(2,3)26-17(25)24-11-7-6-8-15(24)13-21-16(19-4)20-12-14-9-10-22-23(14)5;/h9-10,15H,6-8,11-13H2,1-5H3,(H2,19,20,21);1H. The number of nitrogens with one attached hydrogen (secondary N) is 2. The van der Waals surface area contributed by atoms with Crippen molar-refractivity contribution < 1.29 is 9.53 Å². The van der Waals surface area contributed by atoms with Gasteiger partial charge >= 0.3 is 6.09 Å². The normalized spacial score (nSPS) is 17.9. The molecule has 0 radical (unpaired) electrons. The lowest BCUT2D eigenvalue weighted by molar-refractivity contribution is 0.0104. The van der Waals surface area contributed by atoms with E-state index in [-0.39, 0.29) is 36.1 Å². The fourth-order valence-corrected chi connectivity index (χ4v) is 2.96. The first-order valence-corrected chi connectivity index (χ1v) is 9.21. The summed E-state index contributed by atoms with van der Waals surface area (Å²) in [6, 6.07) is 2.07. The number of ether oxygens (including phenoxy) is 1. The molecule has 8 nitrogen and oxygen atoms in total. The largest absolute Gasteiger partial charge is 0.444 e. The second-order valence-corrected chi connectivity index (χ2v) is 7.58. The Kier molecular flexibility index (Phi) is 9.34. The molecule has 1 aliphatic rings. The van der Waals surface area contributed by atoms with Crippen LogP contribution in [-0.4, -0.2) is 58.5 Å². The summed E-state index contributed by atoms with van der Waals surface area (Å²) in [5.41, 5.74) is 0.591. The van der Waals surface area contributed by atoms with Crippen molar-refractivity contribution in [2.24, 2.45) is 12.0 Å². The Balaban J connectivity index is 0.00000364. The average Bonchev–Trinajstić information content (AvgIpc) is 2.99. The highest BCUT2D eigenvalue weighted by atomic mass is 127. The maximum Gasteiger partial charge on any atom is 0.410 e. The fourth-order valence-electron chi connectivity index (χ4n) is 2.96. The van der Waals surface area contributed by atoms with Crippen molar-refractivity contribution in [3.8, 4) is 0 Å². The Labute approximate surface area is 179 Å². The van der Waals surface area contributed by atoms with E-state index in [1.807, 2.05) is 43.5 Å². The molecule has 1 aliphatic heterocycles. The van der Waals surface area contributed by atoms with Crippen molar-refractivity contribution >= 4 is 36.0 Å². The van der Waals surface area contributed by atoms with Gasteiger partial charge in [0, 0.05) is 33.4 Å². The van der Waals surface area contributed by atoms with Crippen molar-refractivity contribution in [2.45, 2.75) is 58.2 Å². The quantitative estimate of drug-likeness (QED) is 0.384. The van der Waals surface area contributed by atoms with Gasteiger partial charge in [0.25, 0.3) is 0 Å². The maximum atomic E-state index is 12.5. The summed E-state index contributed by atoms with van der Waals surface area (Å²) in [6.45, 7) is 7.70. The number of aliphatic imine (C=N–C) groups is 1.